The standard InChI is InChI=1S/C14H24N2O3/c1-9-5-3-4-6-11(9)15-14(19)16-8-7-10(2)12(16)13(17)18/h9-12H,3-8H2,1-2H3,(H,15,19)(H,17,18). The lowest BCUT2D eigenvalue weighted by atomic mass is 9.86. The first kappa shape index (κ1) is 14.2. The van der Waals surface area contributed by atoms with Gasteiger partial charge in [-0.1, -0.05) is 26.7 Å². The molecular formula is C14H24N2O3. The number of carboxylic acid groups (broad SMARTS) is 1. The Morgan fingerprint density at radius 3 is 2.42 bits per heavy atom. The summed E-state index contributed by atoms with van der Waals surface area (Å²) in [5, 5.41) is 12.3. The summed E-state index contributed by atoms with van der Waals surface area (Å²) < 4.78 is 0. The maximum atomic E-state index is 12.3. The molecule has 0 spiro atoms. The number of nitrogens with one attached hydrogen (secondary N) is 1. The number of carbonyl (C=O) groups is 2. The molecule has 19 heavy (non-hydrogen) atoms. The second kappa shape index (κ2) is 5.80. The summed E-state index contributed by atoms with van der Waals surface area (Å²) >= 11 is 0. The Hall–Kier alpha value is -1.26. The molecule has 0 radical (unpaired) electrons. The quantitative estimate of drug-likeness (QED) is 0.805. The molecule has 0 bridgehead atoms. The van der Waals surface area contributed by atoms with E-state index < -0.39 is 12.0 Å². The van der Waals surface area contributed by atoms with Crippen LogP contribution in [0.15, 0.2) is 0 Å². The van der Waals surface area contributed by atoms with Gasteiger partial charge in [0, 0.05) is 12.6 Å². The second-order valence-electron chi connectivity index (χ2n) is 6.06. The van der Waals surface area contributed by atoms with Crippen molar-refractivity contribution in [1.82, 2.24) is 10.2 Å². The molecule has 0 aromatic carbocycles. The minimum absolute atomic E-state index is 0.0343. The number of carbonyl (C=O) groups excluding carboxylic acids is 1. The highest BCUT2D eigenvalue weighted by Gasteiger charge is 2.40. The van der Waals surface area contributed by atoms with Crippen molar-refractivity contribution in [3.8, 4) is 0 Å². The average Bonchev–Trinajstić information content (AvgIpc) is 2.74. The summed E-state index contributed by atoms with van der Waals surface area (Å²) in [6.07, 6.45) is 5.29. The molecule has 0 aromatic heterocycles. The molecule has 1 aliphatic carbocycles. The van der Waals surface area contributed by atoms with E-state index in [2.05, 4.69) is 12.2 Å². The predicted molar refractivity (Wildman–Crippen MR) is 71.9 cm³/mol. The van der Waals surface area contributed by atoms with Crippen LogP contribution in [0.3, 0.4) is 0 Å². The fraction of sp³-hybridized carbons (Fsp3) is 0.857. The molecule has 1 aliphatic heterocycles. The van der Waals surface area contributed by atoms with Crippen LogP contribution in [-0.4, -0.2) is 40.6 Å². The number of urea groups is 1. The number of nitrogens with zero attached hydrogens (tertiary/aromatic N) is 1. The zero-order valence-electron chi connectivity index (χ0n) is 11.8. The van der Waals surface area contributed by atoms with E-state index in [4.69, 9.17) is 0 Å². The van der Waals surface area contributed by atoms with Crippen LogP contribution in [0.2, 0.25) is 0 Å². The van der Waals surface area contributed by atoms with Crippen LogP contribution in [0.5, 0.6) is 0 Å². The van der Waals surface area contributed by atoms with Gasteiger partial charge in [-0.3, -0.25) is 0 Å². The van der Waals surface area contributed by atoms with Crippen molar-refractivity contribution in [2.75, 3.05) is 6.54 Å². The summed E-state index contributed by atoms with van der Waals surface area (Å²) in [5.41, 5.74) is 0. The van der Waals surface area contributed by atoms with Crippen LogP contribution in [0.25, 0.3) is 0 Å². The van der Waals surface area contributed by atoms with Crippen LogP contribution in [-0.2, 0) is 4.79 Å². The van der Waals surface area contributed by atoms with E-state index >= 15 is 0 Å². The number of aliphatic carboxylic acids is 1. The van der Waals surface area contributed by atoms with E-state index in [0.29, 0.717) is 12.5 Å². The van der Waals surface area contributed by atoms with Crippen LogP contribution in [0.4, 0.5) is 4.79 Å². The second-order valence-corrected chi connectivity index (χ2v) is 6.06. The molecule has 2 fully saturated rings. The van der Waals surface area contributed by atoms with Crippen molar-refractivity contribution in [3.63, 3.8) is 0 Å². The zero-order valence-corrected chi connectivity index (χ0v) is 11.8. The summed E-state index contributed by atoms with van der Waals surface area (Å²) in [4.78, 5) is 25.0. The molecule has 2 rings (SSSR count). The summed E-state index contributed by atoms with van der Waals surface area (Å²) in [5.74, 6) is -0.370. The number of likely N-dealkylation sites (tertiary alicyclic amines) is 1. The van der Waals surface area contributed by atoms with Crippen LogP contribution in [0, 0.1) is 11.8 Å². The highest BCUT2D eigenvalue weighted by atomic mass is 16.4. The van der Waals surface area contributed by atoms with E-state index in [1.165, 1.54) is 11.3 Å². The van der Waals surface area contributed by atoms with E-state index in [1.54, 1.807) is 0 Å². The topological polar surface area (TPSA) is 69.6 Å². The Kier molecular flexibility index (Phi) is 4.32. The molecule has 4 unspecified atom stereocenters. The number of amides is 2. The fourth-order valence-electron chi connectivity index (χ4n) is 3.32. The van der Waals surface area contributed by atoms with E-state index in [9.17, 15) is 14.7 Å². The first-order chi connectivity index (χ1) is 9.00. The minimum atomic E-state index is -0.892. The molecule has 4 atom stereocenters. The van der Waals surface area contributed by atoms with Crippen LogP contribution in [0.1, 0.15) is 46.0 Å². The Labute approximate surface area is 114 Å². The Balaban J connectivity index is 1.97. The SMILES string of the molecule is CC1CCCCC1NC(=O)N1CCC(C)C1C(=O)O. The van der Waals surface area contributed by atoms with Gasteiger partial charge < -0.3 is 15.3 Å². The largest absolute Gasteiger partial charge is 0.480 e. The van der Waals surface area contributed by atoms with Gasteiger partial charge in [0.2, 0.25) is 0 Å². The Morgan fingerprint density at radius 2 is 1.79 bits per heavy atom. The molecule has 2 aliphatic rings. The van der Waals surface area contributed by atoms with Crippen molar-refractivity contribution in [1.29, 1.82) is 0 Å². The third kappa shape index (κ3) is 3.01. The lowest BCUT2D eigenvalue weighted by Gasteiger charge is -2.32. The van der Waals surface area contributed by atoms with Crippen molar-refractivity contribution in [2.45, 2.75) is 58.0 Å². The van der Waals surface area contributed by atoms with Gasteiger partial charge in [0.1, 0.15) is 6.04 Å². The Bertz CT molecular complexity index is 359. The van der Waals surface area contributed by atoms with Gasteiger partial charge >= 0.3 is 12.0 Å². The third-order valence-electron chi connectivity index (χ3n) is 4.63. The number of hydrogen-bond donors (Lipinski definition) is 2. The predicted octanol–water partition coefficient (Wildman–Crippen LogP) is 2.07. The van der Waals surface area contributed by atoms with Gasteiger partial charge in [-0.2, -0.15) is 0 Å². The van der Waals surface area contributed by atoms with Crippen molar-refractivity contribution in [2.24, 2.45) is 11.8 Å². The molecule has 1 heterocycles. The highest BCUT2D eigenvalue weighted by Crippen LogP contribution is 2.27. The molecule has 1 saturated heterocycles. The van der Waals surface area contributed by atoms with E-state index in [1.807, 2.05) is 6.92 Å². The molecular weight excluding hydrogens is 244 g/mol. The van der Waals surface area contributed by atoms with E-state index in [-0.39, 0.29) is 18.0 Å². The summed E-state index contributed by atoms with van der Waals surface area (Å²) in [7, 11) is 0. The van der Waals surface area contributed by atoms with Gasteiger partial charge in [0.05, 0.1) is 0 Å². The summed E-state index contributed by atoms with van der Waals surface area (Å²) in [6.45, 7) is 4.60. The van der Waals surface area contributed by atoms with Crippen molar-refractivity contribution in [3.05, 3.63) is 0 Å². The molecule has 5 heteroatoms. The first-order valence-electron chi connectivity index (χ1n) is 7.30. The van der Waals surface area contributed by atoms with Gasteiger partial charge in [-0.15, -0.1) is 0 Å². The highest BCUT2D eigenvalue weighted by molar-refractivity contribution is 5.83. The number of hydrogen-bond acceptors (Lipinski definition) is 2. The number of carboxylic acids is 1. The summed E-state index contributed by atoms with van der Waals surface area (Å²) in [6, 6.07) is -0.666. The lowest BCUT2D eigenvalue weighted by Crippen LogP contribution is -2.52. The Morgan fingerprint density at radius 1 is 1.11 bits per heavy atom. The molecule has 108 valence electrons. The van der Waals surface area contributed by atoms with Crippen LogP contribution >= 0.6 is 0 Å². The third-order valence-corrected chi connectivity index (χ3v) is 4.63. The lowest BCUT2D eigenvalue weighted by molar-refractivity contribution is -0.142. The maximum absolute atomic E-state index is 12.3. The van der Waals surface area contributed by atoms with Gasteiger partial charge in [0.15, 0.2) is 0 Å². The van der Waals surface area contributed by atoms with Gasteiger partial charge in [0.25, 0.3) is 0 Å². The monoisotopic (exact) mass is 268 g/mol. The van der Waals surface area contributed by atoms with E-state index in [0.717, 1.165) is 25.7 Å². The minimum Gasteiger partial charge on any atom is -0.480 e. The number of rotatable bonds is 2. The first-order valence-corrected chi connectivity index (χ1v) is 7.30. The van der Waals surface area contributed by atoms with Gasteiger partial charge in [-0.05, 0) is 31.1 Å². The average molecular weight is 268 g/mol. The zero-order chi connectivity index (χ0) is 14.0. The van der Waals surface area contributed by atoms with Crippen molar-refractivity contribution < 1.29 is 14.7 Å². The van der Waals surface area contributed by atoms with Gasteiger partial charge in [-0.25, -0.2) is 9.59 Å². The normalized spacial score (nSPS) is 35.2. The molecule has 1 saturated carbocycles. The molecule has 5 nitrogen and oxygen atoms in total. The molecule has 0 aromatic rings. The molecule has 2 N–H and O–H groups in total. The van der Waals surface area contributed by atoms with Crippen molar-refractivity contribution >= 4 is 12.0 Å². The molecule has 2 amide bonds. The fourth-order valence-corrected chi connectivity index (χ4v) is 3.32. The smallest absolute Gasteiger partial charge is 0.326 e. The van der Waals surface area contributed by atoms with Crippen LogP contribution < -0.4 is 5.32 Å². The maximum Gasteiger partial charge on any atom is 0.326 e.